The largest absolute Gasteiger partial charge is 0.504 e. The lowest BCUT2D eigenvalue weighted by molar-refractivity contribution is 0.0852. The molecule has 3 N–H and O–H groups in total. The molecule has 0 bridgehead atoms. The minimum absolute atomic E-state index is 0.0934. The molecule has 2 aliphatic heterocycles. The molecule has 3 aliphatic rings. The number of aliphatic hydroxyl groups excluding tert-OH is 1. The van der Waals surface area contributed by atoms with Crippen LogP contribution in [0, 0.1) is 0 Å². The molecule has 0 fully saturated rings. The van der Waals surface area contributed by atoms with Crippen molar-refractivity contribution in [2.24, 2.45) is 0 Å². The fraction of sp³-hybridized carbons (Fsp3) is 0.500. The van der Waals surface area contributed by atoms with Crippen LogP contribution in [0.1, 0.15) is 24.0 Å². The molecule has 109 valence electrons. The summed E-state index contributed by atoms with van der Waals surface area (Å²) < 4.78 is 6.08. The first-order chi connectivity index (χ1) is 10.2. The third kappa shape index (κ3) is 1.71. The molecule has 1 aromatic rings. The quantitative estimate of drug-likeness (QED) is 0.521. The van der Waals surface area contributed by atoms with E-state index in [0.717, 1.165) is 30.5 Å². The molecule has 4 rings (SSSR count). The van der Waals surface area contributed by atoms with E-state index in [1.807, 2.05) is 20.2 Å². The van der Waals surface area contributed by atoms with Crippen molar-refractivity contribution in [1.82, 2.24) is 5.32 Å². The molecule has 0 aromatic heterocycles. The van der Waals surface area contributed by atoms with Crippen LogP contribution in [0.3, 0.4) is 0 Å². The summed E-state index contributed by atoms with van der Waals surface area (Å²) in [5.74, 6) is 0.823. The van der Waals surface area contributed by atoms with Crippen LogP contribution in [0.5, 0.6) is 11.5 Å². The summed E-state index contributed by atoms with van der Waals surface area (Å²) in [6.45, 7) is 3.68. The van der Waals surface area contributed by atoms with Crippen molar-refractivity contribution in [3.8, 4) is 11.5 Å². The number of phenols is 1. The normalized spacial score (nSPS) is 32.9. The number of rotatable bonds is 1. The zero-order valence-electron chi connectivity index (χ0n) is 12.1. The molecule has 0 saturated carbocycles. The molecule has 3 atom stereocenters. The minimum Gasteiger partial charge on any atom is -0.504 e. The van der Waals surface area contributed by atoms with Crippen molar-refractivity contribution >= 4 is 12.7 Å². The highest BCUT2D eigenvalue weighted by atomic mass is 16.5. The Hall–Kier alpha value is -1.46. The predicted molar refractivity (Wildman–Crippen MR) is 81.5 cm³/mol. The standard InChI is InChI=1S/C16H19BNO3/c1-17-11-7-12(20)15-14-10(11)8-18-5-4-16(14)3-2-9(19)6-13(16)21-15/h2-3,7,9,13,18-20H,4-6,8H2,1H3/t9-,13?,16?/m1/s1. The van der Waals surface area contributed by atoms with Crippen molar-refractivity contribution in [2.45, 2.75) is 43.8 Å². The van der Waals surface area contributed by atoms with E-state index in [1.165, 1.54) is 5.56 Å². The first-order valence-corrected chi connectivity index (χ1v) is 7.59. The number of nitrogens with one attached hydrogen (secondary N) is 1. The molecule has 1 aromatic carbocycles. The maximum absolute atomic E-state index is 10.4. The molecule has 2 unspecified atom stereocenters. The second-order valence-corrected chi connectivity index (χ2v) is 6.19. The van der Waals surface area contributed by atoms with E-state index < -0.39 is 6.10 Å². The van der Waals surface area contributed by atoms with Gasteiger partial charge in [-0.2, -0.15) is 0 Å². The molecule has 1 spiro atoms. The topological polar surface area (TPSA) is 61.7 Å². The maximum atomic E-state index is 10.4. The van der Waals surface area contributed by atoms with Crippen LogP contribution in [0.2, 0.25) is 6.82 Å². The smallest absolute Gasteiger partial charge is 0.165 e. The van der Waals surface area contributed by atoms with Gasteiger partial charge in [0, 0.05) is 18.5 Å². The van der Waals surface area contributed by atoms with E-state index in [4.69, 9.17) is 4.74 Å². The zero-order chi connectivity index (χ0) is 14.6. The SMILES string of the molecule is C[B]c1cc(O)c2c3c1CNCCC31C=C[C@@H](O)CC1O2. The lowest BCUT2D eigenvalue weighted by Gasteiger charge is -2.35. The van der Waals surface area contributed by atoms with Crippen molar-refractivity contribution in [3.05, 3.63) is 29.3 Å². The Kier molecular flexibility index (Phi) is 2.85. The van der Waals surface area contributed by atoms with E-state index in [0.29, 0.717) is 12.2 Å². The van der Waals surface area contributed by atoms with Gasteiger partial charge in [0.2, 0.25) is 0 Å². The summed E-state index contributed by atoms with van der Waals surface area (Å²) in [6.07, 6.45) is 4.93. The second-order valence-electron chi connectivity index (χ2n) is 6.19. The van der Waals surface area contributed by atoms with E-state index in [2.05, 4.69) is 11.4 Å². The zero-order valence-corrected chi connectivity index (χ0v) is 12.1. The summed E-state index contributed by atoms with van der Waals surface area (Å²) >= 11 is 0. The number of aliphatic hydroxyl groups is 1. The molecule has 21 heavy (non-hydrogen) atoms. The first-order valence-electron chi connectivity index (χ1n) is 7.59. The van der Waals surface area contributed by atoms with Crippen LogP contribution in [0.25, 0.3) is 0 Å². The van der Waals surface area contributed by atoms with Crippen molar-refractivity contribution in [3.63, 3.8) is 0 Å². The van der Waals surface area contributed by atoms with E-state index in [1.54, 1.807) is 6.07 Å². The monoisotopic (exact) mass is 284 g/mol. The van der Waals surface area contributed by atoms with Crippen LogP contribution in [0.15, 0.2) is 18.2 Å². The number of hydrogen-bond acceptors (Lipinski definition) is 4. The van der Waals surface area contributed by atoms with Gasteiger partial charge >= 0.3 is 0 Å². The Balaban J connectivity index is 2.00. The van der Waals surface area contributed by atoms with Gasteiger partial charge in [0.1, 0.15) is 13.4 Å². The van der Waals surface area contributed by atoms with Crippen LogP contribution in [-0.4, -0.2) is 36.2 Å². The Labute approximate surface area is 125 Å². The van der Waals surface area contributed by atoms with Crippen LogP contribution < -0.4 is 15.5 Å². The Bertz CT molecular complexity index is 630. The number of hydrogen-bond donors (Lipinski definition) is 3. The first kappa shape index (κ1) is 13.2. The number of aromatic hydroxyl groups is 1. The highest BCUT2D eigenvalue weighted by molar-refractivity contribution is 6.52. The Morgan fingerprint density at radius 2 is 2.33 bits per heavy atom. The molecule has 1 aliphatic carbocycles. The highest BCUT2D eigenvalue weighted by Crippen LogP contribution is 2.54. The van der Waals surface area contributed by atoms with Crippen LogP contribution in [0.4, 0.5) is 0 Å². The summed E-state index contributed by atoms with van der Waals surface area (Å²) in [4.78, 5) is 0. The number of phenolic OH excluding ortho intramolecular Hbond substituents is 1. The molecule has 2 heterocycles. The van der Waals surface area contributed by atoms with Crippen molar-refractivity contribution in [2.75, 3.05) is 6.54 Å². The van der Waals surface area contributed by atoms with Gasteiger partial charge < -0.3 is 20.3 Å². The van der Waals surface area contributed by atoms with Gasteiger partial charge in [0.25, 0.3) is 0 Å². The average molecular weight is 284 g/mol. The molecular weight excluding hydrogens is 265 g/mol. The second kappa shape index (κ2) is 4.52. The summed E-state index contributed by atoms with van der Waals surface area (Å²) in [6, 6.07) is 1.78. The van der Waals surface area contributed by atoms with Gasteiger partial charge in [-0.1, -0.05) is 24.4 Å². The summed E-state index contributed by atoms with van der Waals surface area (Å²) in [5, 5.41) is 23.8. The predicted octanol–water partition coefficient (Wildman–Crippen LogP) is 0.583. The van der Waals surface area contributed by atoms with Gasteiger partial charge in [-0.05, 0) is 24.6 Å². The molecule has 4 nitrogen and oxygen atoms in total. The van der Waals surface area contributed by atoms with Gasteiger partial charge in [-0.25, -0.2) is 0 Å². The summed E-state index contributed by atoms with van der Waals surface area (Å²) in [7, 11) is 2.03. The highest BCUT2D eigenvalue weighted by Gasteiger charge is 2.52. The van der Waals surface area contributed by atoms with Gasteiger partial charge in [-0.3, -0.25) is 0 Å². The Morgan fingerprint density at radius 1 is 1.48 bits per heavy atom. The van der Waals surface area contributed by atoms with Gasteiger partial charge in [-0.15, -0.1) is 0 Å². The maximum Gasteiger partial charge on any atom is 0.165 e. The van der Waals surface area contributed by atoms with Crippen LogP contribution >= 0.6 is 0 Å². The molecule has 0 amide bonds. The minimum atomic E-state index is -0.464. The van der Waals surface area contributed by atoms with E-state index in [9.17, 15) is 10.2 Å². The number of benzene rings is 1. The van der Waals surface area contributed by atoms with Crippen molar-refractivity contribution in [1.29, 1.82) is 0 Å². The van der Waals surface area contributed by atoms with Crippen molar-refractivity contribution < 1.29 is 14.9 Å². The molecular formula is C16H19BNO3. The number of ether oxygens (including phenoxy) is 1. The summed E-state index contributed by atoms with van der Waals surface area (Å²) in [5.41, 5.74) is 3.17. The molecule has 0 saturated heterocycles. The third-order valence-electron chi connectivity index (χ3n) is 5.10. The Morgan fingerprint density at radius 3 is 3.14 bits per heavy atom. The van der Waals surface area contributed by atoms with Gasteiger partial charge in [0.05, 0.1) is 11.5 Å². The lowest BCUT2D eigenvalue weighted by Crippen LogP contribution is -2.43. The molecule has 5 heteroatoms. The van der Waals surface area contributed by atoms with Gasteiger partial charge in [0.15, 0.2) is 11.5 Å². The fourth-order valence-corrected chi connectivity index (χ4v) is 4.09. The molecule has 1 radical (unpaired) electrons. The van der Waals surface area contributed by atoms with E-state index in [-0.39, 0.29) is 17.3 Å². The van der Waals surface area contributed by atoms with Crippen LogP contribution in [-0.2, 0) is 12.0 Å². The average Bonchev–Trinajstić information content (AvgIpc) is 2.68. The lowest BCUT2D eigenvalue weighted by atomic mass is 9.64. The third-order valence-corrected chi connectivity index (χ3v) is 5.10. The fourth-order valence-electron chi connectivity index (χ4n) is 4.09. The van der Waals surface area contributed by atoms with E-state index >= 15 is 0 Å².